The summed E-state index contributed by atoms with van der Waals surface area (Å²) in [7, 11) is 3.00. The van der Waals surface area contributed by atoms with Crippen molar-refractivity contribution in [3.05, 3.63) is 110 Å². The molecule has 12 heteroatoms. The van der Waals surface area contributed by atoms with Crippen LogP contribution < -0.4 is 11.3 Å². The Hall–Kier alpha value is -4.22. The van der Waals surface area contributed by atoms with Crippen LogP contribution >= 0.6 is 11.6 Å². The van der Waals surface area contributed by atoms with E-state index in [9.17, 15) is 27.6 Å². The van der Waals surface area contributed by atoms with Crippen LogP contribution in [0.1, 0.15) is 45.3 Å². The molecule has 1 heterocycles. The molecule has 1 unspecified atom stereocenters. The van der Waals surface area contributed by atoms with Crippen LogP contribution in [0, 0.1) is 6.92 Å². The summed E-state index contributed by atoms with van der Waals surface area (Å²) in [6.45, 7) is 1.78. The lowest BCUT2D eigenvalue weighted by molar-refractivity contribution is -0.137. The summed E-state index contributed by atoms with van der Waals surface area (Å²) in [5.74, 6) is -1.18. The molecule has 0 saturated heterocycles. The van der Waals surface area contributed by atoms with Crippen LogP contribution in [-0.2, 0) is 17.5 Å². The number of hydrogen-bond acceptors (Lipinski definition) is 5. The molecule has 1 atom stereocenters. The third kappa shape index (κ3) is 7.06. The summed E-state index contributed by atoms with van der Waals surface area (Å²) in [6, 6.07) is 14.4. The molecule has 0 saturated carbocycles. The van der Waals surface area contributed by atoms with Crippen LogP contribution in [0.5, 0.6) is 0 Å². The van der Waals surface area contributed by atoms with Gasteiger partial charge >= 0.3 is 6.18 Å². The Bertz CT molecular complexity index is 1700. The number of carbonyl (C=O) groups is 2. The Kier molecular flexibility index (Phi) is 9.56. The molecule has 0 aliphatic rings. The zero-order valence-electron chi connectivity index (χ0n) is 23.9. The first-order chi connectivity index (χ1) is 20.3. The van der Waals surface area contributed by atoms with Gasteiger partial charge in [0.15, 0.2) is 6.04 Å². The van der Waals surface area contributed by atoms with Crippen molar-refractivity contribution in [2.24, 2.45) is 5.73 Å². The van der Waals surface area contributed by atoms with Gasteiger partial charge in [-0.25, -0.2) is 4.98 Å². The van der Waals surface area contributed by atoms with Crippen molar-refractivity contribution in [3.63, 3.8) is 0 Å². The van der Waals surface area contributed by atoms with Gasteiger partial charge in [-0.1, -0.05) is 41.4 Å². The van der Waals surface area contributed by atoms with Gasteiger partial charge in [-0.2, -0.15) is 13.2 Å². The van der Waals surface area contributed by atoms with E-state index < -0.39 is 35.2 Å². The van der Waals surface area contributed by atoms with E-state index in [0.717, 1.165) is 22.3 Å². The van der Waals surface area contributed by atoms with Gasteiger partial charge in [0.2, 0.25) is 0 Å². The normalized spacial score (nSPS) is 12.3. The first-order valence-electron chi connectivity index (χ1n) is 13.5. The molecule has 8 nitrogen and oxygen atoms in total. The lowest BCUT2D eigenvalue weighted by Crippen LogP contribution is -2.47. The van der Waals surface area contributed by atoms with Crippen LogP contribution in [0.25, 0.3) is 10.9 Å². The molecule has 226 valence electrons. The predicted octanol–water partition coefficient (Wildman–Crippen LogP) is 5.05. The van der Waals surface area contributed by atoms with Crippen molar-refractivity contribution in [1.29, 1.82) is 0 Å². The largest absolute Gasteiger partial charge is 0.416 e. The van der Waals surface area contributed by atoms with E-state index in [1.54, 1.807) is 24.3 Å². The number of benzene rings is 3. The van der Waals surface area contributed by atoms with Gasteiger partial charge in [0.1, 0.15) is 5.82 Å². The molecule has 1 aromatic heterocycles. The minimum Gasteiger partial charge on any atom is -0.347 e. The number of alkyl halides is 3. The standard InChI is InChI=1S/C31H31ClF3N5O3/c1-19-8-10-21(11-9-19)28(41)39(15-5-14-36)26(30(43)38(2)3)27-37-25-17-23(32)12-13-24(25)29(42)40(27)18-20-6-4-7-22(16-20)31(33,34)35/h4,6-13,16-17,26H,5,14-15,18,36H2,1-3H3. The lowest BCUT2D eigenvalue weighted by atomic mass is 10.1. The van der Waals surface area contributed by atoms with Gasteiger partial charge in [0.25, 0.3) is 17.4 Å². The number of fused-ring (bicyclic) bond motifs is 1. The van der Waals surface area contributed by atoms with E-state index >= 15 is 0 Å². The summed E-state index contributed by atoms with van der Waals surface area (Å²) < 4.78 is 41.8. The van der Waals surface area contributed by atoms with Crippen molar-refractivity contribution in [2.45, 2.75) is 32.1 Å². The minimum absolute atomic E-state index is 0.0421. The number of halogens is 4. The SMILES string of the molecule is Cc1ccc(C(=O)N(CCCN)C(C(=O)N(C)C)c2nc3cc(Cl)ccc3c(=O)n2Cc2cccc(C(F)(F)F)c2)cc1. The van der Waals surface area contributed by atoms with Crippen LogP contribution in [0.2, 0.25) is 5.02 Å². The molecular weight excluding hydrogens is 583 g/mol. The summed E-state index contributed by atoms with van der Waals surface area (Å²) in [6.07, 6.45) is -4.28. The minimum atomic E-state index is -4.61. The first kappa shape index (κ1) is 31.7. The topological polar surface area (TPSA) is 102 Å². The molecule has 4 rings (SSSR count). The number of aromatic nitrogens is 2. The van der Waals surface area contributed by atoms with Gasteiger partial charge < -0.3 is 15.5 Å². The van der Waals surface area contributed by atoms with Crippen molar-refractivity contribution in [3.8, 4) is 0 Å². The number of nitrogens with zero attached hydrogens (tertiary/aromatic N) is 4. The molecule has 0 bridgehead atoms. The Balaban J connectivity index is 2.00. The van der Waals surface area contributed by atoms with E-state index in [-0.39, 0.29) is 46.9 Å². The quantitative estimate of drug-likeness (QED) is 0.285. The molecule has 0 fully saturated rings. The number of hydrogen-bond donors (Lipinski definition) is 1. The summed E-state index contributed by atoms with van der Waals surface area (Å²) >= 11 is 6.21. The van der Waals surface area contributed by atoms with E-state index in [2.05, 4.69) is 4.98 Å². The van der Waals surface area contributed by atoms with Gasteiger partial charge in [-0.05, 0) is 67.9 Å². The van der Waals surface area contributed by atoms with Crippen LogP contribution in [0.15, 0.2) is 71.5 Å². The van der Waals surface area contributed by atoms with E-state index in [0.29, 0.717) is 12.0 Å². The smallest absolute Gasteiger partial charge is 0.347 e. The van der Waals surface area contributed by atoms with Crippen molar-refractivity contribution >= 4 is 34.3 Å². The average molecular weight is 614 g/mol. The molecule has 2 N–H and O–H groups in total. The molecular formula is C31H31ClF3N5O3. The molecule has 2 amide bonds. The second-order valence-electron chi connectivity index (χ2n) is 10.4. The molecule has 43 heavy (non-hydrogen) atoms. The monoisotopic (exact) mass is 613 g/mol. The molecule has 3 aromatic carbocycles. The fourth-order valence-corrected chi connectivity index (χ4v) is 4.87. The maximum Gasteiger partial charge on any atom is 0.416 e. The Morgan fingerprint density at radius 3 is 2.37 bits per heavy atom. The van der Waals surface area contributed by atoms with Crippen molar-refractivity contribution < 1.29 is 22.8 Å². The molecule has 0 aliphatic heterocycles. The maximum atomic E-state index is 14.0. The molecule has 0 aliphatic carbocycles. The van der Waals surface area contributed by atoms with Crippen LogP contribution in [0.3, 0.4) is 0 Å². The average Bonchev–Trinajstić information content (AvgIpc) is 2.96. The molecule has 0 radical (unpaired) electrons. The number of amides is 2. The zero-order valence-corrected chi connectivity index (χ0v) is 24.6. The predicted molar refractivity (Wildman–Crippen MR) is 159 cm³/mol. The van der Waals surface area contributed by atoms with Crippen molar-refractivity contribution in [2.75, 3.05) is 27.2 Å². The zero-order chi connectivity index (χ0) is 31.5. The van der Waals surface area contributed by atoms with Crippen molar-refractivity contribution in [1.82, 2.24) is 19.4 Å². The lowest BCUT2D eigenvalue weighted by Gasteiger charge is -2.33. The van der Waals surface area contributed by atoms with Gasteiger partial charge in [0, 0.05) is 31.2 Å². The number of rotatable bonds is 9. The maximum absolute atomic E-state index is 14.0. The molecule has 0 spiro atoms. The fourth-order valence-electron chi connectivity index (χ4n) is 4.70. The highest BCUT2D eigenvalue weighted by molar-refractivity contribution is 6.31. The number of nitrogens with two attached hydrogens (primary N) is 1. The Morgan fingerprint density at radius 2 is 1.74 bits per heavy atom. The third-order valence-electron chi connectivity index (χ3n) is 6.94. The van der Waals surface area contributed by atoms with Gasteiger partial charge in [-0.3, -0.25) is 19.0 Å². The highest BCUT2D eigenvalue weighted by Crippen LogP contribution is 2.31. The van der Waals surface area contributed by atoms with Crippen LogP contribution in [0.4, 0.5) is 13.2 Å². The highest BCUT2D eigenvalue weighted by atomic mass is 35.5. The van der Waals surface area contributed by atoms with E-state index in [1.165, 1.54) is 54.2 Å². The van der Waals surface area contributed by atoms with Crippen LogP contribution in [-0.4, -0.2) is 58.4 Å². The van der Waals surface area contributed by atoms with Gasteiger partial charge in [0.05, 0.1) is 23.0 Å². The van der Waals surface area contributed by atoms with Gasteiger partial charge in [-0.15, -0.1) is 0 Å². The first-order valence-corrected chi connectivity index (χ1v) is 13.8. The summed E-state index contributed by atoms with van der Waals surface area (Å²) in [4.78, 5) is 49.1. The number of aryl methyl sites for hydroxylation is 1. The number of likely N-dealkylation sites (N-methyl/N-ethyl adjacent to an activating group) is 1. The summed E-state index contributed by atoms with van der Waals surface area (Å²) in [5, 5.41) is 0.432. The number of carbonyl (C=O) groups excluding carboxylic acids is 2. The summed E-state index contributed by atoms with van der Waals surface area (Å²) in [5.41, 5.74) is 5.86. The third-order valence-corrected chi connectivity index (χ3v) is 7.17. The fraction of sp³-hybridized carbons (Fsp3) is 0.290. The van der Waals surface area contributed by atoms with E-state index in [4.69, 9.17) is 17.3 Å². The Labute approximate surface area is 251 Å². The second kappa shape index (κ2) is 13.0. The highest BCUT2D eigenvalue weighted by Gasteiger charge is 2.37. The Morgan fingerprint density at radius 1 is 1.05 bits per heavy atom. The van der Waals surface area contributed by atoms with E-state index in [1.807, 2.05) is 6.92 Å². The second-order valence-corrected chi connectivity index (χ2v) is 10.8. The molecule has 4 aromatic rings.